The van der Waals surface area contributed by atoms with Crippen LogP contribution in [0.3, 0.4) is 0 Å². The van der Waals surface area contributed by atoms with Gasteiger partial charge in [-0.1, -0.05) is 11.6 Å². The van der Waals surface area contributed by atoms with E-state index in [0.29, 0.717) is 9.50 Å². The Morgan fingerprint density at radius 3 is 2.75 bits per heavy atom. The Morgan fingerprint density at radius 1 is 1.30 bits per heavy atom. The van der Waals surface area contributed by atoms with E-state index in [1.807, 2.05) is 6.07 Å². The molecule has 0 fully saturated rings. The maximum absolute atomic E-state index is 13.2. The van der Waals surface area contributed by atoms with Gasteiger partial charge in [0.05, 0.1) is 16.8 Å². The zero-order valence-corrected chi connectivity index (χ0v) is 12.3. The molecule has 0 unspecified atom stereocenters. The van der Waals surface area contributed by atoms with E-state index in [4.69, 9.17) is 16.9 Å². The highest BCUT2D eigenvalue weighted by atomic mass is 79.9. The number of nitrogens with one attached hydrogen (secondary N) is 1. The predicted octanol–water partition coefficient (Wildman–Crippen LogP) is 4.37. The molecule has 2 aromatic carbocycles. The molecule has 0 aliphatic heterocycles. The number of amides is 1. The first kappa shape index (κ1) is 14.5. The van der Waals surface area contributed by atoms with Crippen LogP contribution < -0.4 is 5.32 Å². The average Bonchev–Trinajstić information content (AvgIpc) is 2.41. The van der Waals surface area contributed by atoms with E-state index in [0.717, 1.165) is 6.07 Å². The van der Waals surface area contributed by atoms with Crippen LogP contribution in [0.5, 0.6) is 0 Å². The summed E-state index contributed by atoms with van der Waals surface area (Å²) in [5.74, 6) is -1.06. The number of carbonyl (C=O) groups is 1. The van der Waals surface area contributed by atoms with Crippen molar-refractivity contribution in [1.29, 1.82) is 5.26 Å². The molecule has 1 N–H and O–H groups in total. The van der Waals surface area contributed by atoms with E-state index < -0.39 is 11.7 Å². The number of rotatable bonds is 2. The monoisotopic (exact) mass is 352 g/mol. The quantitative estimate of drug-likeness (QED) is 0.872. The standard InChI is InChI=1S/C14H7BrClFN2O/c15-12-4-3-10(17)6-11(12)14(20)19-13-5-9(16)2-1-8(13)7-18/h1-6H,(H,19,20). The average molecular weight is 354 g/mol. The number of nitrogens with zero attached hydrogens (tertiary/aromatic N) is 1. The van der Waals surface area contributed by atoms with Gasteiger partial charge in [0.1, 0.15) is 11.9 Å². The Balaban J connectivity index is 2.35. The van der Waals surface area contributed by atoms with Gasteiger partial charge in [0, 0.05) is 9.50 Å². The summed E-state index contributed by atoms with van der Waals surface area (Å²) < 4.78 is 13.6. The molecule has 0 atom stereocenters. The lowest BCUT2D eigenvalue weighted by atomic mass is 10.1. The normalized spacial score (nSPS) is 9.90. The van der Waals surface area contributed by atoms with Crippen molar-refractivity contribution in [2.24, 2.45) is 0 Å². The van der Waals surface area contributed by atoms with Crippen LogP contribution in [0.1, 0.15) is 15.9 Å². The number of benzene rings is 2. The third-order valence-electron chi connectivity index (χ3n) is 2.52. The van der Waals surface area contributed by atoms with Gasteiger partial charge in [0.2, 0.25) is 0 Å². The molecular formula is C14H7BrClFN2O. The third kappa shape index (κ3) is 3.16. The number of hydrogen-bond donors (Lipinski definition) is 1. The van der Waals surface area contributed by atoms with Crippen molar-refractivity contribution < 1.29 is 9.18 Å². The topological polar surface area (TPSA) is 52.9 Å². The number of anilines is 1. The lowest BCUT2D eigenvalue weighted by molar-refractivity contribution is 0.102. The second kappa shape index (κ2) is 6.04. The number of nitriles is 1. The molecule has 0 saturated carbocycles. The molecule has 0 aromatic heterocycles. The van der Waals surface area contributed by atoms with Crippen LogP contribution >= 0.6 is 27.5 Å². The minimum absolute atomic E-state index is 0.133. The van der Waals surface area contributed by atoms with Crippen molar-refractivity contribution in [3.8, 4) is 6.07 Å². The van der Waals surface area contributed by atoms with E-state index in [1.165, 1.54) is 24.3 Å². The molecule has 0 saturated heterocycles. The fraction of sp³-hybridized carbons (Fsp3) is 0. The van der Waals surface area contributed by atoms with Crippen LogP contribution in [-0.4, -0.2) is 5.91 Å². The van der Waals surface area contributed by atoms with Crippen molar-refractivity contribution >= 4 is 39.1 Å². The van der Waals surface area contributed by atoms with Gasteiger partial charge in [-0.15, -0.1) is 0 Å². The summed E-state index contributed by atoms with van der Waals surface area (Å²) in [5, 5.41) is 11.9. The van der Waals surface area contributed by atoms with Crippen LogP contribution in [-0.2, 0) is 0 Å². The van der Waals surface area contributed by atoms with Crippen molar-refractivity contribution in [2.45, 2.75) is 0 Å². The third-order valence-corrected chi connectivity index (χ3v) is 3.45. The zero-order valence-electron chi connectivity index (χ0n) is 9.95. The maximum atomic E-state index is 13.2. The molecule has 2 aromatic rings. The Kier molecular flexibility index (Phi) is 4.38. The summed E-state index contributed by atoms with van der Waals surface area (Å²) in [6.07, 6.45) is 0. The lowest BCUT2D eigenvalue weighted by Crippen LogP contribution is -2.13. The molecule has 2 rings (SSSR count). The van der Waals surface area contributed by atoms with Gasteiger partial charge >= 0.3 is 0 Å². The number of halogens is 3. The molecule has 1 amide bonds. The first-order valence-electron chi connectivity index (χ1n) is 5.47. The highest BCUT2D eigenvalue weighted by Gasteiger charge is 2.13. The van der Waals surface area contributed by atoms with Crippen LogP contribution in [0.4, 0.5) is 10.1 Å². The van der Waals surface area contributed by atoms with E-state index in [1.54, 1.807) is 6.07 Å². The van der Waals surface area contributed by atoms with E-state index in [9.17, 15) is 9.18 Å². The summed E-state index contributed by atoms with van der Waals surface area (Å²) in [6.45, 7) is 0. The van der Waals surface area contributed by atoms with Crippen LogP contribution in [0.2, 0.25) is 5.02 Å². The highest BCUT2D eigenvalue weighted by Crippen LogP contribution is 2.23. The predicted molar refractivity (Wildman–Crippen MR) is 78.2 cm³/mol. The summed E-state index contributed by atoms with van der Waals surface area (Å²) in [7, 11) is 0. The fourth-order valence-electron chi connectivity index (χ4n) is 1.58. The molecule has 0 aliphatic rings. The summed E-state index contributed by atoms with van der Waals surface area (Å²) in [6, 6.07) is 10.2. The Morgan fingerprint density at radius 2 is 2.05 bits per heavy atom. The van der Waals surface area contributed by atoms with Crippen molar-refractivity contribution in [3.63, 3.8) is 0 Å². The highest BCUT2D eigenvalue weighted by molar-refractivity contribution is 9.10. The van der Waals surface area contributed by atoms with Crippen molar-refractivity contribution in [1.82, 2.24) is 0 Å². The summed E-state index contributed by atoms with van der Waals surface area (Å²) >= 11 is 9.01. The molecule has 0 bridgehead atoms. The second-order valence-corrected chi connectivity index (χ2v) is 5.17. The van der Waals surface area contributed by atoms with Gasteiger partial charge in [-0.2, -0.15) is 5.26 Å². The first-order chi connectivity index (χ1) is 9.51. The second-order valence-electron chi connectivity index (χ2n) is 3.88. The minimum Gasteiger partial charge on any atom is -0.321 e. The largest absolute Gasteiger partial charge is 0.321 e. The van der Waals surface area contributed by atoms with Crippen molar-refractivity contribution in [3.05, 3.63) is 62.8 Å². The smallest absolute Gasteiger partial charge is 0.256 e. The molecule has 0 aliphatic carbocycles. The van der Waals surface area contributed by atoms with Crippen LogP contribution in [0, 0.1) is 17.1 Å². The van der Waals surface area contributed by atoms with Gasteiger partial charge in [0.25, 0.3) is 5.91 Å². The molecule has 100 valence electrons. The van der Waals surface area contributed by atoms with Crippen LogP contribution in [0.25, 0.3) is 0 Å². The molecular weight excluding hydrogens is 347 g/mol. The molecule has 3 nitrogen and oxygen atoms in total. The van der Waals surface area contributed by atoms with Gasteiger partial charge in [-0.3, -0.25) is 4.79 Å². The van der Waals surface area contributed by atoms with E-state index in [2.05, 4.69) is 21.2 Å². The van der Waals surface area contributed by atoms with Crippen LogP contribution in [0.15, 0.2) is 40.9 Å². The SMILES string of the molecule is N#Cc1ccc(Cl)cc1NC(=O)c1cc(F)ccc1Br. The number of carbonyl (C=O) groups excluding carboxylic acids is 1. The van der Waals surface area contributed by atoms with Gasteiger partial charge in [-0.05, 0) is 52.3 Å². The summed E-state index contributed by atoms with van der Waals surface area (Å²) in [5.41, 5.74) is 0.685. The Bertz CT molecular complexity index is 728. The maximum Gasteiger partial charge on any atom is 0.256 e. The molecule has 6 heteroatoms. The minimum atomic E-state index is -0.532. The van der Waals surface area contributed by atoms with Gasteiger partial charge in [-0.25, -0.2) is 4.39 Å². The molecule has 0 heterocycles. The van der Waals surface area contributed by atoms with Crippen molar-refractivity contribution in [2.75, 3.05) is 5.32 Å². The summed E-state index contributed by atoms with van der Waals surface area (Å²) in [4.78, 5) is 12.1. The van der Waals surface area contributed by atoms with E-state index >= 15 is 0 Å². The number of hydrogen-bond acceptors (Lipinski definition) is 2. The first-order valence-corrected chi connectivity index (χ1v) is 6.64. The molecule has 0 spiro atoms. The molecule has 20 heavy (non-hydrogen) atoms. The van der Waals surface area contributed by atoms with Gasteiger partial charge in [0.15, 0.2) is 0 Å². The Hall–Kier alpha value is -1.90. The lowest BCUT2D eigenvalue weighted by Gasteiger charge is -2.09. The van der Waals surface area contributed by atoms with Gasteiger partial charge < -0.3 is 5.32 Å². The zero-order chi connectivity index (χ0) is 14.7. The van der Waals surface area contributed by atoms with E-state index in [-0.39, 0.29) is 16.8 Å². The molecule has 0 radical (unpaired) electrons. The fourth-order valence-corrected chi connectivity index (χ4v) is 2.18. The Labute approximate surface area is 128 Å².